The van der Waals surface area contributed by atoms with Gasteiger partial charge in [-0.15, -0.1) is 0 Å². The second kappa shape index (κ2) is 6.51. The normalized spacial score (nSPS) is 12.7. The van der Waals surface area contributed by atoms with Gasteiger partial charge in [-0.25, -0.2) is 4.39 Å². The highest BCUT2D eigenvalue weighted by Crippen LogP contribution is 2.32. The molecule has 0 aliphatic carbocycles. The summed E-state index contributed by atoms with van der Waals surface area (Å²) in [5, 5.41) is 9.63. The number of hydrogen-bond acceptors (Lipinski definition) is 4. The second-order valence-corrected chi connectivity index (χ2v) is 5.94. The molecule has 2 aromatic carbocycles. The quantitative estimate of drug-likeness (QED) is 0.755. The van der Waals surface area contributed by atoms with Crippen LogP contribution in [0.25, 0.3) is 11.3 Å². The predicted molar refractivity (Wildman–Crippen MR) is 94.1 cm³/mol. The summed E-state index contributed by atoms with van der Waals surface area (Å²) >= 11 is 0. The van der Waals surface area contributed by atoms with Gasteiger partial charge in [-0.1, -0.05) is 0 Å². The van der Waals surface area contributed by atoms with Crippen molar-refractivity contribution in [2.45, 2.75) is 6.92 Å². The van der Waals surface area contributed by atoms with Crippen molar-refractivity contribution >= 4 is 11.6 Å². The van der Waals surface area contributed by atoms with Crippen LogP contribution in [0.4, 0.5) is 10.1 Å². The maximum atomic E-state index is 13.4. The number of nitrogens with zero attached hydrogens (tertiary/aromatic N) is 1. The Bertz CT molecular complexity index is 984. The lowest BCUT2D eigenvalue weighted by atomic mass is 10.1. The Kier molecular flexibility index (Phi) is 4.04. The molecule has 2 heterocycles. The van der Waals surface area contributed by atoms with E-state index < -0.39 is 0 Å². The van der Waals surface area contributed by atoms with Crippen LogP contribution in [0.3, 0.4) is 0 Å². The lowest BCUT2D eigenvalue weighted by Crippen LogP contribution is -2.16. The lowest BCUT2D eigenvalue weighted by molar-refractivity contribution is 0.102. The Morgan fingerprint density at radius 2 is 1.92 bits per heavy atom. The van der Waals surface area contributed by atoms with Gasteiger partial charge >= 0.3 is 0 Å². The minimum absolute atomic E-state index is 0.277. The van der Waals surface area contributed by atoms with Crippen molar-refractivity contribution in [3.05, 3.63) is 59.5 Å². The molecular weight excluding hydrogens is 337 g/mol. The first-order valence-electron chi connectivity index (χ1n) is 8.13. The number of aromatic nitrogens is 2. The van der Waals surface area contributed by atoms with Crippen molar-refractivity contribution < 1.29 is 18.7 Å². The smallest absolute Gasteiger partial charge is 0.273 e. The molecule has 1 aliphatic rings. The topological polar surface area (TPSA) is 76.2 Å². The standard InChI is InChI=1S/C19H16FN3O3/c1-11-8-12(2-4-14(11)20)15-10-16(23-22-15)19(24)21-13-3-5-17-18(9-13)26-7-6-25-17/h2-5,8-10H,6-7H2,1H3,(H,21,24)(H,22,23). The zero-order valence-corrected chi connectivity index (χ0v) is 14.0. The molecule has 6 nitrogen and oxygen atoms in total. The highest BCUT2D eigenvalue weighted by atomic mass is 19.1. The molecule has 0 bridgehead atoms. The Labute approximate surface area is 149 Å². The van der Waals surface area contributed by atoms with Crippen molar-refractivity contribution in [2.75, 3.05) is 18.5 Å². The molecule has 26 heavy (non-hydrogen) atoms. The molecule has 1 aromatic heterocycles. The van der Waals surface area contributed by atoms with Gasteiger partial charge in [-0.3, -0.25) is 9.89 Å². The highest BCUT2D eigenvalue weighted by molar-refractivity contribution is 6.03. The lowest BCUT2D eigenvalue weighted by Gasteiger charge is -2.18. The molecule has 1 aliphatic heterocycles. The number of carbonyl (C=O) groups excluding carboxylic acids is 1. The molecule has 0 fully saturated rings. The second-order valence-electron chi connectivity index (χ2n) is 5.94. The third kappa shape index (κ3) is 3.11. The molecule has 0 saturated carbocycles. The molecule has 132 valence electrons. The Morgan fingerprint density at radius 3 is 2.73 bits per heavy atom. The Hall–Kier alpha value is -3.35. The fourth-order valence-corrected chi connectivity index (χ4v) is 2.71. The van der Waals surface area contributed by atoms with Gasteiger partial charge in [-0.2, -0.15) is 5.10 Å². The first-order valence-corrected chi connectivity index (χ1v) is 8.13. The Morgan fingerprint density at radius 1 is 1.12 bits per heavy atom. The van der Waals surface area contributed by atoms with E-state index in [1.54, 1.807) is 43.3 Å². The summed E-state index contributed by atoms with van der Waals surface area (Å²) in [6.45, 7) is 2.67. The number of anilines is 1. The maximum Gasteiger partial charge on any atom is 0.273 e. The molecule has 4 rings (SSSR count). The van der Waals surface area contributed by atoms with Gasteiger partial charge in [0.2, 0.25) is 0 Å². The van der Waals surface area contributed by atoms with E-state index >= 15 is 0 Å². The first kappa shape index (κ1) is 16.1. The number of benzene rings is 2. The zero-order valence-electron chi connectivity index (χ0n) is 14.0. The zero-order chi connectivity index (χ0) is 18.1. The van der Waals surface area contributed by atoms with E-state index in [2.05, 4.69) is 15.5 Å². The summed E-state index contributed by atoms with van der Waals surface area (Å²) in [5.74, 6) is 0.644. The van der Waals surface area contributed by atoms with Crippen LogP contribution in [0, 0.1) is 12.7 Å². The number of hydrogen-bond donors (Lipinski definition) is 2. The van der Waals surface area contributed by atoms with Crippen molar-refractivity contribution in [2.24, 2.45) is 0 Å². The van der Waals surface area contributed by atoms with Crippen LogP contribution >= 0.6 is 0 Å². The largest absolute Gasteiger partial charge is 0.486 e. The third-order valence-corrected chi connectivity index (χ3v) is 4.08. The average molecular weight is 353 g/mol. The van der Waals surface area contributed by atoms with Gasteiger partial charge in [0, 0.05) is 17.3 Å². The number of nitrogens with one attached hydrogen (secondary N) is 2. The van der Waals surface area contributed by atoms with E-state index in [1.807, 2.05) is 0 Å². The summed E-state index contributed by atoms with van der Waals surface area (Å²) in [7, 11) is 0. The van der Waals surface area contributed by atoms with Crippen LogP contribution in [-0.4, -0.2) is 29.3 Å². The fourth-order valence-electron chi connectivity index (χ4n) is 2.71. The monoisotopic (exact) mass is 353 g/mol. The van der Waals surface area contributed by atoms with Crippen molar-refractivity contribution in [3.63, 3.8) is 0 Å². The average Bonchev–Trinajstić information content (AvgIpc) is 3.14. The number of amides is 1. The maximum absolute atomic E-state index is 13.4. The molecule has 0 atom stereocenters. The molecule has 1 amide bonds. The minimum atomic E-state index is -0.334. The van der Waals surface area contributed by atoms with Gasteiger partial charge in [0.15, 0.2) is 11.5 Å². The molecule has 2 N–H and O–H groups in total. The molecule has 0 radical (unpaired) electrons. The molecule has 7 heteroatoms. The van der Waals surface area contributed by atoms with Crippen LogP contribution in [0.2, 0.25) is 0 Å². The van der Waals surface area contributed by atoms with Crippen molar-refractivity contribution in [3.8, 4) is 22.8 Å². The van der Waals surface area contributed by atoms with Gasteiger partial charge in [0.05, 0.1) is 5.69 Å². The summed E-state index contributed by atoms with van der Waals surface area (Å²) in [5.41, 5.74) is 2.72. The summed E-state index contributed by atoms with van der Waals surface area (Å²) in [6, 6.07) is 11.5. The van der Waals surface area contributed by atoms with E-state index in [0.29, 0.717) is 47.4 Å². The summed E-state index contributed by atoms with van der Waals surface area (Å²) in [4.78, 5) is 12.4. The van der Waals surface area contributed by atoms with Crippen LogP contribution < -0.4 is 14.8 Å². The Balaban J connectivity index is 1.52. The predicted octanol–water partition coefficient (Wildman–Crippen LogP) is 3.55. The third-order valence-electron chi connectivity index (χ3n) is 4.08. The van der Waals surface area contributed by atoms with Crippen LogP contribution in [-0.2, 0) is 0 Å². The van der Waals surface area contributed by atoms with E-state index in [0.717, 1.165) is 5.56 Å². The van der Waals surface area contributed by atoms with E-state index in [9.17, 15) is 9.18 Å². The number of halogens is 1. The van der Waals surface area contributed by atoms with E-state index in [1.165, 1.54) is 6.07 Å². The van der Waals surface area contributed by atoms with Crippen LogP contribution in [0.1, 0.15) is 16.1 Å². The number of carbonyl (C=O) groups is 1. The first-order chi connectivity index (χ1) is 12.6. The number of fused-ring (bicyclic) bond motifs is 1. The SMILES string of the molecule is Cc1cc(-c2cc(C(=O)Nc3ccc4c(c3)OCCO4)[nH]n2)ccc1F. The van der Waals surface area contributed by atoms with Gasteiger partial charge in [-0.05, 0) is 48.9 Å². The summed E-state index contributed by atoms with van der Waals surface area (Å²) < 4.78 is 24.4. The van der Waals surface area contributed by atoms with Gasteiger partial charge in [0.1, 0.15) is 24.7 Å². The van der Waals surface area contributed by atoms with Crippen LogP contribution in [0.15, 0.2) is 42.5 Å². The number of aromatic amines is 1. The molecule has 0 saturated heterocycles. The summed E-state index contributed by atoms with van der Waals surface area (Å²) in [6.07, 6.45) is 0. The van der Waals surface area contributed by atoms with E-state index in [4.69, 9.17) is 9.47 Å². The molecule has 0 spiro atoms. The van der Waals surface area contributed by atoms with E-state index in [-0.39, 0.29) is 11.7 Å². The molecular formula is C19H16FN3O3. The molecule has 0 unspecified atom stereocenters. The van der Waals surface area contributed by atoms with Gasteiger partial charge < -0.3 is 14.8 Å². The molecule has 3 aromatic rings. The number of aryl methyl sites for hydroxylation is 1. The van der Waals surface area contributed by atoms with Crippen LogP contribution in [0.5, 0.6) is 11.5 Å². The number of rotatable bonds is 3. The van der Waals surface area contributed by atoms with Crippen molar-refractivity contribution in [1.29, 1.82) is 0 Å². The highest BCUT2D eigenvalue weighted by Gasteiger charge is 2.15. The van der Waals surface area contributed by atoms with Crippen molar-refractivity contribution in [1.82, 2.24) is 10.2 Å². The number of H-pyrrole nitrogens is 1. The number of ether oxygens (including phenoxy) is 2. The fraction of sp³-hybridized carbons (Fsp3) is 0.158. The van der Waals surface area contributed by atoms with Gasteiger partial charge in [0.25, 0.3) is 5.91 Å². The minimum Gasteiger partial charge on any atom is -0.486 e.